The van der Waals surface area contributed by atoms with Gasteiger partial charge in [-0.05, 0) is 30.6 Å². The van der Waals surface area contributed by atoms with Gasteiger partial charge in [0.1, 0.15) is 0 Å². The molecule has 1 aliphatic heterocycles. The summed E-state index contributed by atoms with van der Waals surface area (Å²) in [5.41, 5.74) is 0.555. The first-order valence-electron chi connectivity index (χ1n) is 5.22. The van der Waals surface area contributed by atoms with E-state index in [1.807, 2.05) is 0 Å². The average molecular weight is 169 g/mol. The maximum Gasteiger partial charge on any atom is 0.00449 e. The average Bonchev–Trinajstić information content (AvgIpc) is 2.32. The second kappa shape index (κ2) is 3.37. The SMILES string of the molecule is CC1CC(C(C)C)(C(C)C)CN1. The Labute approximate surface area is 76.9 Å². The van der Waals surface area contributed by atoms with Crippen LogP contribution in [0.2, 0.25) is 0 Å². The van der Waals surface area contributed by atoms with Gasteiger partial charge in [0.25, 0.3) is 0 Å². The van der Waals surface area contributed by atoms with Crippen LogP contribution in [0.5, 0.6) is 0 Å². The van der Waals surface area contributed by atoms with E-state index in [1.165, 1.54) is 13.0 Å². The maximum atomic E-state index is 3.57. The molecule has 1 saturated heterocycles. The molecule has 0 saturated carbocycles. The molecule has 1 heterocycles. The molecular formula is C11H23N. The van der Waals surface area contributed by atoms with Crippen molar-refractivity contribution in [3.05, 3.63) is 0 Å². The predicted octanol–water partition coefficient (Wildman–Crippen LogP) is 2.67. The molecule has 1 heteroatoms. The van der Waals surface area contributed by atoms with Gasteiger partial charge in [0.2, 0.25) is 0 Å². The lowest BCUT2D eigenvalue weighted by Crippen LogP contribution is -2.35. The van der Waals surface area contributed by atoms with Crippen LogP contribution in [0.15, 0.2) is 0 Å². The summed E-state index contributed by atoms with van der Waals surface area (Å²) in [7, 11) is 0. The Hall–Kier alpha value is -0.0400. The first-order chi connectivity index (χ1) is 5.49. The van der Waals surface area contributed by atoms with Crippen molar-refractivity contribution in [2.45, 2.75) is 47.1 Å². The normalized spacial score (nSPS) is 28.8. The minimum Gasteiger partial charge on any atom is -0.314 e. The van der Waals surface area contributed by atoms with Gasteiger partial charge in [-0.25, -0.2) is 0 Å². The van der Waals surface area contributed by atoms with Gasteiger partial charge in [-0.2, -0.15) is 0 Å². The number of rotatable bonds is 2. The fourth-order valence-corrected chi connectivity index (χ4v) is 2.62. The van der Waals surface area contributed by atoms with Crippen molar-refractivity contribution in [1.29, 1.82) is 0 Å². The number of hydrogen-bond acceptors (Lipinski definition) is 1. The monoisotopic (exact) mass is 169 g/mol. The van der Waals surface area contributed by atoms with Crippen molar-refractivity contribution in [3.63, 3.8) is 0 Å². The highest BCUT2D eigenvalue weighted by Gasteiger charge is 2.42. The lowest BCUT2D eigenvalue weighted by atomic mass is 9.68. The summed E-state index contributed by atoms with van der Waals surface area (Å²) in [6.45, 7) is 13.0. The van der Waals surface area contributed by atoms with E-state index in [1.54, 1.807) is 0 Å². The van der Waals surface area contributed by atoms with E-state index >= 15 is 0 Å². The lowest BCUT2D eigenvalue weighted by Gasteiger charge is -2.37. The smallest absolute Gasteiger partial charge is 0.00449 e. The van der Waals surface area contributed by atoms with E-state index in [-0.39, 0.29) is 0 Å². The zero-order chi connectivity index (χ0) is 9.35. The molecule has 12 heavy (non-hydrogen) atoms. The zero-order valence-corrected chi connectivity index (χ0v) is 9.15. The van der Waals surface area contributed by atoms with Crippen LogP contribution in [0.4, 0.5) is 0 Å². The molecule has 1 N–H and O–H groups in total. The zero-order valence-electron chi connectivity index (χ0n) is 9.15. The fourth-order valence-electron chi connectivity index (χ4n) is 2.62. The van der Waals surface area contributed by atoms with Crippen LogP contribution < -0.4 is 5.32 Å². The minimum atomic E-state index is 0.555. The second-order valence-electron chi connectivity index (χ2n) is 5.03. The first kappa shape index (κ1) is 10.0. The number of hydrogen-bond donors (Lipinski definition) is 1. The molecule has 0 aromatic rings. The Bertz CT molecular complexity index is 141. The van der Waals surface area contributed by atoms with E-state index < -0.39 is 0 Å². The molecule has 0 radical (unpaired) electrons. The van der Waals surface area contributed by atoms with E-state index in [0.29, 0.717) is 5.41 Å². The van der Waals surface area contributed by atoms with E-state index in [2.05, 4.69) is 39.9 Å². The summed E-state index contributed by atoms with van der Waals surface area (Å²) in [6, 6.07) is 0.717. The van der Waals surface area contributed by atoms with E-state index in [4.69, 9.17) is 0 Å². The quantitative estimate of drug-likeness (QED) is 0.670. The molecule has 0 bridgehead atoms. The Morgan fingerprint density at radius 2 is 1.67 bits per heavy atom. The highest BCUT2D eigenvalue weighted by Crippen LogP contribution is 2.42. The Morgan fingerprint density at radius 1 is 1.17 bits per heavy atom. The molecule has 1 unspecified atom stereocenters. The molecule has 0 aromatic carbocycles. The van der Waals surface area contributed by atoms with Crippen molar-refractivity contribution >= 4 is 0 Å². The van der Waals surface area contributed by atoms with E-state index in [0.717, 1.165) is 17.9 Å². The van der Waals surface area contributed by atoms with E-state index in [9.17, 15) is 0 Å². The summed E-state index contributed by atoms with van der Waals surface area (Å²) in [6.07, 6.45) is 1.35. The summed E-state index contributed by atoms with van der Waals surface area (Å²) in [4.78, 5) is 0. The highest BCUT2D eigenvalue weighted by molar-refractivity contribution is 4.95. The number of nitrogens with one attached hydrogen (secondary N) is 1. The van der Waals surface area contributed by atoms with Gasteiger partial charge < -0.3 is 5.32 Å². The van der Waals surface area contributed by atoms with Crippen LogP contribution in [-0.4, -0.2) is 12.6 Å². The van der Waals surface area contributed by atoms with Crippen LogP contribution in [0.25, 0.3) is 0 Å². The molecule has 0 amide bonds. The van der Waals surface area contributed by atoms with Gasteiger partial charge in [-0.15, -0.1) is 0 Å². The summed E-state index contributed by atoms with van der Waals surface area (Å²) < 4.78 is 0. The Morgan fingerprint density at radius 3 is 1.83 bits per heavy atom. The molecule has 0 aromatic heterocycles. The molecule has 0 spiro atoms. The Kier molecular flexibility index (Phi) is 2.82. The van der Waals surface area contributed by atoms with Gasteiger partial charge in [-0.1, -0.05) is 27.7 Å². The third-order valence-electron chi connectivity index (χ3n) is 3.77. The standard InChI is InChI=1S/C11H23N/c1-8(2)11(9(3)4)6-10(5)12-7-11/h8-10,12H,6-7H2,1-5H3. The highest BCUT2D eigenvalue weighted by atomic mass is 15.0. The van der Waals surface area contributed by atoms with Gasteiger partial charge in [-0.3, -0.25) is 0 Å². The van der Waals surface area contributed by atoms with Crippen molar-refractivity contribution in [3.8, 4) is 0 Å². The van der Waals surface area contributed by atoms with Crippen LogP contribution >= 0.6 is 0 Å². The Balaban J connectivity index is 2.75. The van der Waals surface area contributed by atoms with Crippen molar-refractivity contribution < 1.29 is 0 Å². The van der Waals surface area contributed by atoms with Crippen molar-refractivity contribution in [2.75, 3.05) is 6.54 Å². The predicted molar refractivity (Wildman–Crippen MR) is 54.2 cm³/mol. The molecule has 1 nitrogen and oxygen atoms in total. The third kappa shape index (κ3) is 1.52. The molecule has 1 fully saturated rings. The molecule has 1 rings (SSSR count). The summed E-state index contributed by atoms with van der Waals surface area (Å²) >= 11 is 0. The van der Waals surface area contributed by atoms with Crippen LogP contribution in [0, 0.1) is 17.3 Å². The third-order valence-corrected chi connectivity index (χ3v) is 3.77. The largest absolute Gasteiger partial charge is 0.314 e. The van der Waals surface area contributed by atoms with Gasteiger partial charge >= 0.3 is 0 Å². The molecule has 0 aliphatic carbocycles. The van der Waals surface area contributed by atoms with Crippen LogP contribution in [0.3, 0.4) is 0 Å². The second-order valence-corrected chi connectivity index (χ2v) is 5.03. The topological polar surface area (TPSA) is 12.0 Å². The molecule has 72 valence electrons. The van der Waals surface area contributed by atoms with Crippen molar-refractivity contribution in [1.82, 2.24) is 5.32 Å². The fraction of sp³-hybridized carbons (Fsp3) is 1.00. The van der Waals surface area contributed by atoms with Crippen LogP contribution in [-0.2, 0) is 0 Å². The minimum absolute atomic E-state index is 0.555. The maximum absolute atomic E-state index is 3.57. The van der Waals surface area contributed by atoms with Crippen LogP contribution in [0.1, 0.15) is 41.0 Å². The summed E-state index contributed by atoms with van der Waals surface area (Å²) in [5.74, 6) is 1.60. The first-order valence-corrected chi connectivity index (χ1v) is 5.22. The lowest BCUT2D eigenvalue weighted by molar-refractivity contribution is 0.135. The van der Waals surface area contributed by atoms with Gasteiger partial charge in [0, 0.05) is 12.6 Å². The molecular weight excluding hydrogens is 146 g/mol. The van der Waals surface area contributed by atoms with Gasteiger partial charge in [0.05, 0.1) is 0 Å². The van der Waals surface area contributed by atoms with Gasteiger partial charge in [0.15, 0.2) is 0 Å². The molecule has 1 atom stereocenters. The van der Waals surface area contributed by atoms with Crippen molar-refractivity contribution in [2.24, 2.45) is 17.3 Å². The molecule has 1 aliphatic rings. The summed E-state index contributed by atoms with van der Waals surface area (Å²) in [5, 5.41) is 3.57.